The van der Waals surface area contributed by atoms with Gasteiger partial charge in [0.05, 0.1) is 0 Å². The normalized spacial score (nSPS) is 12.8. The number of rotatable bonds is 3. The van der Waals surface area contributed by atoms with Crippen LogP contribution < -0.4 is 5.73 Å². The first-order valence-electron chi connectivity index (χ1n) is 3.98. The van der Waals surface area contributed by atoms with Gasteiger partial charge in [-0.1, -0.05) is 0 Å². The first-order valence-corrected chi connectivity index (χ1v) is 3.98. The van der Waals surface area contributed by atoms with E-state index in [2.05, 4.69) is 4.98 Å². The third-order valence-electron chi connectivity index (χ3n) is 2.06. The van der Waals surface area contributed by atoms with Crippen molar-refractivity contribution in [3.8, 4) is 0 Å². The van der Waals surface area contributed by atoms with Gasteiger partial charge in [-0.15, -0.1) is 0 Å². The van der Waals surface area contributed by atoms with E-state index in [4.69, 9.17) is 10.8 Å². The lowest BCUT2D eigenvalue weighted by molar-refractivity contribution is -0.138. The molecule has 0 saturated carbocycles. The van der Waals surface area contributed by atoms with Gasteiger partial charge in [0, 0.05) is 25.4 Å². The minimum absolute atomic E-state index is 0.312. The molecule has 13 heavy (non-hydrogen) atoms. The van der Waals surface area contributed by atoms with Crippen LogP contribution in [0.5, 0.6) is 0 Å². The molecule has 0 fully saturated rings. The molecule has 5 nitrogen and oxygen atoms in total. The summed E-state index contributed by atoms with van der Waals surface area (Å²) in [6.07, 6.45) is 1.96. The lowest BCUT2D eigenvalue weighted by atomic mass is 10.2. The number of aromatic nitrogens is 2. The second kappa shape index (κ2) is 3.57. The number of imidazole rings is 1. The minimum atomic E-state index is -0.987. The molecule has 1 unspecified atom stereocenters. The lowest BCUT2D eigenvalue weighted by Crippen LogP contribution is -2.32. The van der Waals surface area contributed by atoms with Crippen molar-refractivity contribution in [2.45, 2.75) is 19.4 Å². The lowest BCUT2D eigenvalue weighted by Gasteiger charge is -2.06. The molecule has 3 N–H and O–H groups in total. The summed E-state index contributed by atoms with van der Waals surface area (Å²) in [7, 11) is 1.84. The Bertz CT molecular complexity index is 319. The third-order valence-corrected chi connectivity index (χ3v) is 2.06. The average Bonchev–Trinajstić information content (AvgIpc) is 2.36. The molecule has 0 radical (unpaired) electrons. The molecule has 1 heterocycles. The minimum Gasteiger partial charge on any atom is -0.480 e. The van der Waals surface area contributed by atoms with Crippen LogP contribution in [0.3, 0.4) is 0 Å². The van der Waals surface area contributed by atoms with Crippen LogP contribution in [0.25, 0.3) is 0 Å². The summed E-state index contributed by atoms with van der Waals surface area (Å²) in [5.74, 6) is -0.133. The molecule has 1 aromatic heterocycles. The average molecular weight is 183 g/mol. The summed E-state index contributed by atoms with van der Waals surface area (Å²) in [4.78, 5) is 14.5. The quantitative estimate of drug-likeness (QED) is 0.673. The van der Waals surface area contributed by atoms with Crippen LogP contribution in [0.4, 0.5) is 0 Å². The van der Waals surface area contributed by atoms with Crippen molar-refractivity contribution in [1.82, 2.24) is 9.55 Å². The Morgan fingerprint density at radius 1 is 1.85 bits per heavy atom. The molecule has 0 aliphatic heterocycles. The van der Waals surface area contributed by atoms with E-state index in [1.54, 1.807) is 6.20 Å². The van der Waals surface area contributed by atoms with Crippen LogP contribution in [0.2, 0.25) is 0 Å². The highest BCUT2D eigenvalue weighted by Gasteiger charge is 2.14. The van der Waals surface area contributed by atoms with E-state index >= 15 is 0 Å². The molecule has 0 spiro atoms. The molecule has 0 aliphatic carbocycles. The van der Waals surface area contributed by atoms with Gasteiger partial charge in [-0.3, -0.25) is 4.79 Å². The van der Waals surface area contributed by atoms with Crippen molar-refractivity contribution >= 4 is 5.97 Å². The van der Waals surface area contributed by atoms with Gasteiger partial charge >= 0.3 is 5.97 Å². The Labute approximate surface area is 76.2 Å². The standard InChI is InChI=1S/C8H13N3O2/c1-5-10-4-6(11(5)2)3-7(9)8(12)13/h4,7H,3,9H2,1-2H3,(H,12,13). The third kappa shape index (κ3) is 2.06. The van der Waals surface area contributed by atoms with Gasteiger partial charge in [0.15, 0.2) is 0 Å². The van der Waals surface area contributed by atoms with E-state index in [1.807, 2.05) is 18.5 Å². The monoisotopic (exact) mass is 183 g/mol. The molecule has 5 heteroatoms. The number of carbonyl (C=O) groups is 1. The van der Waals surface area contributed by atoms with Gasteiger partial charge in [-0.25, -0.2) is 4.98 Å². The predicted octanol–water partition coefficient (Wildman–Crippen LogP) is -0.317. The van der Waals surface area contributed by atoms with E-state index in [1.165, 1.54) is 0 Å². The Balaban J connectivity index is 2.74. The fourth-order valence-electron chi connectivity index (χ4n) is 1.05. The molecule has 0 aromatic carbocycles. The van der Waals surface area contributed by atoms with Gasteiger partial charge < -0.3 is 15.4 Å². The SMILES string of the molecule is Cc1ncc(CC(N)C(=O)O)n1C. The number of carboxylic acid groups (broad SMARTS) is 1. The van der Waals surface area contributed by atoms with Crippen LogP contribution in [-0.4, -0.2) is 26.7 Å². The van der Waals surface area contributed by atoms with Crippen LogP contribution in [0.1, 0.15) is 11.5 Å². The highest BCUT2D eigenvalue weighted by Crippen LogP contribution is 2.04. The maximum Gasteiger partial charge on any atom is 0.320 e. The summed E-state index contributed by atoms with van der Waals surface area (Å²) in [6.45, 7) is 1.86. The highest BCUT2D eigenvalue weighted by atomic mass is 16.4. The van der Waals surface area contributed by atoms with Crippen molar-refractivity contribution in [2.75, 3.05) is 0 Å². The van der Waals surface area contributed by atoms with E-state index in [0.29, 0.717) is 6.42 Å². The zero-order valence-corrected chi connectivity index (χ0v) is 7.69. The molecule has 0 aliphatic rings. The van der Waals surface area contributed by atoms with Crippen molar-refractivity contribution in [3.63, 3.8) is 0 Å². The zero-order valence-electron chi connectivity index (χ0n) is 7.69. The fraction of sp³-hybridized carbons (Fsp3) is 0.500. The molecule has 0 saturated heterocycles. The van der Waals surface area contributed by atoms with Crippen molar-refractivity contribution in [1.29, 1.82) is 0 Å². The Kier molecular flexibility index (Phi) is 2.67. The first kappa shape index (κ1) is 9.73. The molecule has 1 atom stereocenters. The second-order valence-electron chi connectivity index (χ2n) is 3.00. The van der Waals surface area contributed by atoms with Crippen LogP contribution in [-0.2, 0) is 18.3 Å². The summed E-state index contributed by atoms with van der Waals surface area (Å²) in [5.41, 5.74) is 6.23. The Hall–Kier alpha value is -1.36. The van der Waals surface area contributed by atoms with Crippen molar-refractivity contribution < 1.29 is 9.90 Å². The molecular weight excluding hydrogens is 170 g/mol. The number of carboxylic acids is 1. The second-order valence-corrected chi connectivity index (χ2v) is 3.00. The smallest absolute Gasteiger partial charge is 0.320 e. The molecule has 1 rings (SSSR count). The van der Waals surface area contributed by atoms with Crippen LogP contribution in [0, 0.1) is 6.92 Å². The largest absolute Gasteiger partial charge is 0.480 e. The first-order chi connectivity index (χ1) is 6.02. The summed E-state index contributed by atoms with van der Waals surface area (Å²) in [6, 6.07) is -0.852. The Morgan fingerprint density at radius 3 is 2.85 bits per heavy atom. The highest BCUT2D eigenvalue weighted by molar-refractivity contribution is 5.73. The van der Waals surface area contributed by atoms with Crippen molar-refractivity contribution in [3.05, 3.63) is 17.7 Å². The van der Waals surface area contributed by atoms with Gasteiger partial charge in [-0.05, 0) is 6.92 Å². The van der Waals surface area contributed by atoms with Gasteiger partial charge in [0.2, 0.25) is 0 Å². The summed E-state index contributed by atoms with van der Waals surface area (Å²) < 4.78 is 1.84. The van der Waals surface area contributed by atoms with E-state index < -0.39 is 12.0 Å². The molecule has 1 aromatic rings. The number of aliphatic carboxylic acids is 1. The fourth-order valence-corrected chi connectivity index (χ4v) is 1.05. The van der Waals surface area contributed by atoms with Crippen LogP contribution >= 0.6 is 0 Å². The van der Waals surface area contributed by atoms with E-state index in [-0.39, 0.29) is 0 Å². The molecule has 0 bridgehead atoms. The van der Waals surface area contributed by atoms with Crippen molar-refractivity contribution in [2.24, 2.45) is 12.8 Å². The van der Waals surface area contributed by atoms with E-state index in [0.717, 1.165) is 11.5 Å². The van der Waals surface area contributed by atoms with Gasteiger partial charge in [0.25, 0.3) is 0 Å². The Morgan fingerprint density at radius 2 is 2.46 bits per heavy atom. The van der Waals surface area contributed by atoms with Gasteiger partial charge in [0.1, 0.15) is 11.9 Å². The maximum atomic E-state index is 10.5. The summed E-state index contributed by atoms with van der Waals surface area (Å²) in [5, 5.41) is 8.59. The number of nitrogens with zero attached hydrogens (tertiary/aromatic N) is 2. The molecule has 72 valence electrons. The predicted molar refractivity (Wildman–Crippen MR) is 47.3 cm³/mol. The summed E-state index contributed by atoms with van der Waals surface area (Å²) >= 11 is 0. The van der Waals surface area contributed by atoms with Gasteiger partial charge in [-0.2, -0.15) is 0 Å². The maximum absolute atomic E-state index is 10.5. The number of hydrogen-bond donors (Lipinski definition) is 2. The molecular formula is C8H13N3O2. The number of nitrogens with two attached hydrogens (primary N) is 1. The molecule has 0 amide bonds. The van der Waals surface area contributed by atoms with E-state index in [9.17, 15) is 4.79 Å². The number of aryl methyl sites for hydroxylation is 1. The topological polar surface area (TPSA) is 81.1 Å². The number of hydrogen-bond acceptors (Lipinski definition) is 3. The zero-order chi connectivity index (χ0) is 10.0. The van der Waals surface area contributed by atoms with Crippen LogP contribution in [0.15, 0.2) is 6.20 Å².